The number of hydrogen-bond acceptors (Lipinski definition) is 3. The Kier molecular flexibility index (Phi) is 9.61. The summed E-state index contributed by atoms with van der Waals surface area (Å²) in [4.78, 5) is 0. The van der Waals surface area contributed by atoms with Gasteiger partial charge in [-0.2, -0.15) is 0 Å². The van der Waals surface area contributed by atoms with Gasteiger partial charge in [0, 0.05) is 23.9 Å². The van der Waals surface area contributed by atoms with E-state index in [0.717, 1.165) is 49.8 Å². The SMILES string of the molecule is CCCCCCOc1cccc(NCc2ccccc2OCCC(C)C)c1. The number of benzene rings is 2. The number of rotatable bonds is 13. The van der Waals surface area contributed by atoms with E-state index in [2.05, 4.69) is 50.4 Å². The van der Waals surface area contributed by atoms with Crippen molar-refractivity contribution < 1.29 is 9.47 Å². The van der Waals surface area contributed by atoms with Crippen molar-refractivity contribution in [1.82, 2.24) is 0 Å². The molecule has 0 aliphatic carbocycles. The van der Waals surface area contributed by atoms with E-state index in [-0.39, 0.29) is 0 Å². The number of hydrogen-bond donors (Lipinski definition) is 1. The maximum absolute atomic E-state index is 5.98. The van der Waals surface area contributed by atoms with Crippen molar-refractivity contribution in [2.75, 3.05) is 18.5 Å². The Morgan fingerprint density at radius 2 is 1.74 bits per heavy atom. The molecule has 0 aliphatic heterocycles. The van der Waals surface area contributed by atoms with Crippen LogP contribution in [0, 0.1) is 5.92 Å². The van der Waals surface area contributed by atoms with Crippen LogP contribution in [0.25, 0.3) is 0 Å². The fourth-order valence-corrected chi connectivity index (χ4v) is 2.81. The summed E-state index contributed by atoms with van der Waals surface area (Å²) in [6.07, 6.45) is 5.96. The Hall–Kier alpha value is -2.16. The normalized spacial score (nSPS) is 10.8. The Balaban J connectivity index is 1.84. The number of ether oxygens (including phenoxy) is 2. The molecule has 2 aromatic carbocycles. The van der Waals surface area contributed by atoms with Crippen molar-refractivity contribution in [3.63, 3.8) is 0 Å². The summed E-state index contributed by atoms with van der Waals surface area (Å²) in [5.74, 6) is 2.55. The van der Waals surface area contributed by atoms with Gasteiger partial charge >= 0.3 is 0 Å². The van der Waals surface area contributed by atoms with Gasteiger partial charge in [0.2, 0.25) is 0 Å². The third-order valence-corrected chi connectivity index (χ3v) is 4.51. The lowest BCUT2D eigenvalue weighted by molar-refractivity contribution is 0.287. The summed E-state index contributed by atoms with van der Waals surface area (Å²) in [6, 6.07) is 16.5. The Morgan fingerprint density at radius 3 is 2.56 bits per heavy atom. The van der Waals surface area contributed by atoms with E-state index in [0.29, 0.717) is 5.92 Å². The maximum atomic E-state index is 5.98. The molecule has 0 atom stereocenters. The lowest BCUT2D eigenvalue weighted by Crippen LogP contribution is -2.06. The quantitative estimate of drug-likeness (QED) is 0.399. The van der Waals surface area contributed by atoms with Crippen LogP contribution in [0.15, 0.2) is 48.5 Å². The fourth-order valence-electron chi connectivity index (χ4n) is 2.81. The lowest BCUT2D eigenvalue weighted by Gasteiger charge is -2.14. The molecule has 0 saturated carbocycles. The van der Waals surface area contributed by atoms with Gasteiger partial charge in [0.25, 0.3) is 0 Å². The first kappa shape index (κ1) is 21.1. The van der Waals surface area contributed by atoms with Crippen molar-refractivity contribution in [3.05, 3.63) is 54.1 Å². The summed E-state index contributed by atoms with van der Waals surface area (Å²) in [5, 5.41) is 3.49. The molecule has 3 heteroatoms. The highest BCUT2D eigenvalue weighted by Gasteiger charge is 2.04. The number of anilines is 1. The molecule has 2 rings (SSSR count). The molecule has 0 radical (unpaired) electrons. The highest BCUT2D eigenvalue weighted by Crippen LogP contribution is 2.22. The van der Waals surface area contributed by atoms with Crippen molar-refractivity contribution in [1.29, 1.82) is 0 Å². The molecular formula is C24H35NO2. The zero-order valence-electron chi connectivity index (χ0n) is 17.2. The number of nitrogens with one attached hydrogen (secondary N) is 1. The Labute approximate surface area is 165 Å². The van der Waals surface area contributed by atoms with Crippen LogP contribution in [0.2, 0.25) is 0 Å². The fraction of sp³-hybridized carbons (Fsp3) is 0.500. The molecule has 148 valence electrons. The average molecular weight is 370 g/mol. The van der Waals surface area contributed by atoms with Gasteiger partial charge in [-0.05, 0) is 37.0 Å². The first-order chi connectivity index (χ1) is 13.2. The standard InChI is InChI=1S/C24H35NO2/c1-4-5-6-9-16-26-23-13-10-12-22(18-23)25-19-21-11-7-8-14-24(21)27-17-15-20(2)3/h7-8,10-14,18,20,25H,4-6,9,15-17,19H2,1-3H3. The minimum atomic E-state index is 0.653. The van der Waals surface area contributed by atoms with Gasteiger partial charge in [0.05, 0.1) is 13.2 Å². The van der Waals surface area contributed by atoms with Gasteiger partial charge in [-0.3, -0.25) is 0 Å². The average Bonchev–Trinajstić information content (AvgIpc) is 2.67. The minimum absolute atomic E-state index is 0.653. The molecule has 0 unspecified atom stereocenters. The van der Waals surface area contributed by atoms with Gasteiger partial charge in [-0.1, -0.05) is 64.3 Å². The molecule has 1 N–H and O–H groups in total. The van der Waals surface area contributed by atoms with Crippen LogP contribution in [0.1, 0.15) is 58.4 Å². The third kappa shape index (κ3) is 8.38. The van der Waals surface area contributed by atoms with Gasteiger partial charge in [0.15, 0.2) is 0 Å². The minimum Gasteiger partial charge on any atom is -0.494 e. The number of para-hydroxylation sites is 1. The molecule has 0 fully saturated rings. The van der Waals surface area contributed by atoms with E-state index < -0.39 is 0 Å². The van der Waals surface area contributed by atoms with Gasteiger partial charge in [0.1, 0.15) is 11.5 Å². The van der Waals surface area contributed by atoms with E-state index in [1.54, 1.807) is 0 Å². The van der Waals surface area contributed by atoms with Crippen molar-refractivity contribution in [2.24, 2.45) is 5.92 Å². The molecule has 0 saturated heterocycles. The highest BCUT2D eigenvalue weighted by atomic mass is 16.5. The van der Waals surface area contributed by atoms with Crippen LogP contribution >= 0.6 is 0 Å². The van der Waals surface area contributed by atoms with Gasteiger partial charge in [-0.25, -0.2) is 0 Å². The smallest absolute Gasteiger partial charge is 0.124 e. The molecule has 3 nitrogen and oxygen atoms in total. The van der Waals surface area contributed by atoms with Crippen LogP contribution in [-0.2, 0) is 6.54 Å². The summed E-state index contributed by atoms with van der Waals surface area (Å²) in [6.45, 7) is 8.94. The second-order valence-corrected chi connectivity index (χ2v) is 7.43. The highest BCUT2D eigenvalue weighted by molar-refractivity contribution is 5.49. The first-order valence-electron chi connectivity index (χ1n) is 10.4. The van der Waals surface area contributed by atoms with Crippen LogP contribution < -0.4 is 14.8 Å². The predicted octanol–water partition coefficient (Wildman–Crippen LogP) is 6.68. The Bertz CT molecular complexity index is 654. The first-order valence-corrected chi connectivity index (χ1v) is 10.4. The molecule has 0 spiro atoms. The number of unbranched alkanes of at least 4 members (excludes halogenated alkanes) is 3. The summed E-state index contributed by atoms with van der Waals surface area (Å²) >= 11 is 0. The lowest BCUT2D eigenvalue weighted by atomic mass is 10.1. The molecule has 0 heterocycles. The van der Waals surface area contributed by atoms with Gasteiger partial charge < -0.3 is 14.8 Å². The monoisotopic (exact) mass is 369 g/mol. The van der Waals surface area contributed by atoms with Crippen LogP contribution in [-0.4, -0.2) is 13.2 Å². The third-order valence-electron chi connectivity index (χ3n) is 4.51. The van der Waals surface area contributed by atoms with E-state index in [9.17, 15) is 0 Å². The van der Waals surface area contributed by atoms with E-state index in [4.69, 9.17) is 9.47 Å². The molecule has 0 aromatic heterocycles. The zero-order valence-corrected chi connectivity index (χ0v) is 17.2. The second-order valence-electron chi connectivity index (χ2n) is 7.43. The van der Waals surface area contributed by atoms with Crippen molar-refractivity contribution >= 4 is 5.69 Å². The molecule has 2 aromatic rings. The Morgan fingerprint density at radius 1 is 0.889 bits per heavy atom. The van der Waals surface area contributed by atoms with E-state index in [1.807, 2.05) is 24.3 Å². The van der Waals surface area contributed by atoms with Crippen LogP contribution in [0.4, 0.5) is 5.69 Å². The van der Waals surface area contributed by atoms with Crippen molar-refractivity contribution in [2.45, 2.75) is 59.4 Å². The molecular weight excluding hydrogens is 334 g/mol. The summed E-state index contributed by atoms with van der Waals surface area (Å²) in [7, 11) is 0. The van der Waals surface area contributed by atoms with Gasteiger partial charge in [-0.15, -0.1) is 0 Å². The molecule has 27 heavy (non-hydrogen) atoms. The van der Waals surface area contributed by atoms with Crippen LogP contribution in [0.3, 0.4) is 0 Å². The largest absolute Gasteiger partial charge is 0.494 e. The summed E-state index contributed by atoms with van der Waals surface area (Å²) in [5.41, 5.74) is 2.24. The molecule has 0 amide bonds. The van der Waals surface area contributed by atoms with Crippen LogP contribution in [0.5, 0.6) is 11.5 Å². The van der Waals surface area contributed by atoms with E-state index in [1.165, 1.54) is 24.8 Å². The van der Waals surface area contributed by atoms with E-state index >= 15 is 0 Å². The second kappa shape index (κ2) is 12.3. The zero-order chi connectivity index (χ0) is 19.3. The topological polar surface area (TPSA) is 30.5 Å². The summed E-state index contributed by atoms with van der Waals surface area (Å²) < 4.78 is 11.9. The van der Waals surface area contributed by atoms with Crippen molar-refractivity contribution in [3.8, 4) is 11.5 Å². The molecule has 0 aliphatic rings. The maximum Gasteiger partial charge on any atom is 0.124 e. The molecule has 0 bridgehead atoms. The predicted molar refractivity (Wildman–Crippen MR) is 115 cm³/mol.